The lowest BCUT2D eigenvalue weighted by Crippen LogP contribution is -2.39. The summed E-state index contributed by atoms with van der Waals surface area (Å²) in [4.78, 5) is 16.4. The first-order valence-electron chi connectivity index (χ1n) is 8.13. The molecule has 1 fully saturated rings. The lowest BCUT2D eigenvalue weighted by atomic mass is 9.89. The molecule has 0 saturated carbocycles. The van der Waals surface area contributed by atoms with Crippen molar-refractivity contribution in [3.63, 3.8) is 0 Å². The minimum Gasteiger partial charge on any atom is -0.378 e. The van der Waals surface area contributed by atoms with Crippen molar-refractivity contribution in [3.8, 4) is 0 Å². The maximum absolute atomic E-state index is 12.2. The van der Waals surface area contributed by atoms with Crippen molar-refractivity contribution in [2.24, 2.45) is 5.92 Å². The van der Waals surface area contributed by atoms with E-state index in [2.05, 4.69) is 24.1 Å². The van der Waals surface area contributed by atoms with Gasteiger partial charge in [-0.25, -0.2) is 4.98 Å². The lowest BCUT2D eigenvalue weighted by Gasteiger charge is -2.34. The van der Waals surface area contributed by atoms with E-state index in [4.69, 9.17) is 4.74 Å². The molecule has 2 rings (SSSR count). The molecule has 2 unspecified atom stereocenters. The molecule has 0 aliphatic carbocycles. The van der Waals surface area contributed by atoms with E-state index in [9.17, 15) is 4.79 Å². The number of aryl methyl sites for hydroxylation is 1. The molecule has 0 radical (unpaired) electrons. The molecule has 1 saturated heterocycles. The third kappa shape index (κ3) is 3.84. The van der Waals surface area contributed by atoms with Gasteiger partial charge in [-0.05, 0) is 25.7 Å². The molecular formula is C16H27N3O2. The average molecular weight is 293 g/mol. The van der Waals surface area contributed by atoms with Crippen LogP contribution in [0, 0.1) is 5.92 Å². The minimum atomic E-state index is -0.0365. The van der Waals surface area contributed by atoms with Gasteiger partial charge in [-0.1, -0.05) is 26.7 Å². The molecule has 118 valence electrons. The second-order valence-electron chi connectivity index (χ2n) is 5.72. The number of ether oxygens (including phenoxy) is 1. The molecule has 2 heterocycles. The zero-order chi connectivity index (χ0) is 15.2. The molecule has 2 atom stereocenters. The van der Waals surface area contributed by atoms with Crippen molar-refractivity contribution < 1.29 is 4.74 Å². The van der Waals surface area contributed by atoms with Crippen molar-refractivity contribution in [2.75, 3.05) is 11.9 Å². The summed E-state index contributed by atoms with van der Waals surface area (Å²) in [6.45, 7) is 7.82. The van der Waals surface area contributed by atoms with Crippen molar-refractivity contribution in [1.29, 1.82) is 0 Å². The van der Waals surface area contributed by atoms with Gasteiger partial charge in [0.05, 0.1) is 6.10 Å². The maximum atomic E-state index is 12.2. The van der Waals surface area contributed by atoms with E-state index in [1.807, 2.05) is 6.92 Å². The standard InChI is InChI=1S/C16H27N3O2/c1-4-12(5-2)14-11-13(7-10-21-14)18-15-16(20)19(6-3)9-8-17-15/h8-9,12-14H,4-7,10-11H2,1-3H3,(H,17,18). The van der Waals surface area contributed by atoms with E-state index in [1.54, 1.807) is 17.0 Å². The van der Waals surface area contributed by atoms with E-state index < -0.39 is 0 Å². The fraction of sp³-hybridized carbons (Fsp3) is 0.750. The number of aromatic nitrogens is 2. The van der Waals surface area contributed by atoms with Gasteiger partial charge in [0.15, 0.2) is 5.82 Å². The van der Waals surface area contributed by atoms with E-state index in [0.29, 0.717) is 24.4 Å². The highest BCUT2D eigenvalue weighted by molar-refractivity contribution is 5.32. The molecule has 21 heavy (non-hydrogen) atoms. The minimum absolute atomic E-state index is 0.0365. The Kier molecular flexibility index (Phi) is 5.79. The fourth-order valence-electron chi connectivity index (χ4n) is 3.09. The Balaban J connectivity index is 2.04. The van der Waals surface area contributed by atoms with E-state index in [0.717, 1.165) is 32.3 Å². The lowest BCUT2D eigenvalue weighted by molar-refractivity contribution is -0.0271. The van der Waals surface area contributed by atoms with Crippen molar-refractivity contribution in [2.45, 2.75) is 65.1 Å². The summed E-state index contributed by atoms with van der Waals surface area (Å²) in [5, 5.41) is 3.33. The number of hydrogen-bond donors (Lipinski definition) is 1. The van der Waals surface area contributed by atoms with Crippen molar-refractivity contribution in [3.05, 3.63) is 22.7 Å². The first-order valence-corrected chi connectivity index (χ1v) is 8.13. The first kappa shape index (κ1) is 16.0. The van der Waals surface area contributed by atoms with E-state index >= 15 is 0 Å². The summed E-state index contributed by atoms with van der Waals surface area (Å²) in [5.74, 6) is 1.07. The Morgan fingerprint density at radius 3 is 2.86 bits per heavy atom. The normalized spacial score (nSPS) is 22.5. The molecule has 1 aliphatic heterocycles. The first-order chi connectivity index (χ1) is 10.2. The van der Waals surface area contributed by atoms with E-state index in [-0.39, 0.29) is 11.6 Å². The highest BCUT2D eigenvalue weighted by Crippen LogP contribution is 2.26. The summed E-state index contributed by atoms with van der Waals surface area (Å²) >= 11 is 0. The SMILES string of the molecule is CCC(CC)C1CC(Nc2nccn(CC)c2=O)CCO1. The van der Waals surface area contributed by atoms with E-state index in [1.165, 1.54) is 0 Å². The zero-order valence-electron chi connectivity index (χ0n) is 13.3. The maximum Gasteiger partial charge on any atom is 0.293 e. The molecule has 0 bridgehead atoms. The fourth-order valence-corrected chi connectivity index (χ4v) is 3.09. The summed E-state index contributed by atoms with van der Waals surface area (Å²) < 4.78 is 7.59. The van der Waals surface area contributed by atoms with Crippen LogP contribution in [0.1, 0.15) is 46.5 Å². The van der Waals surface area contributed by atoms with Crippen LogP contribution in [0.5, 0.6) is 0 Å². The average Bonchev–Trinajstić information content (AvgIpc) is 2.51. The molecule has 5 heteroatoms. The van der Waals surface area contributed by atoms with Crippen LogP contribution < -0.4 is 10.9 Å². The van der Waals surface area contributed by atoms with Crippen LogP contribution in [0.3, 0.4) is 0 Å². The predicted molar refractivity (Wildman–Crippen MR) is 84.6 cm³/mol. The van der Waals surface area contributed by atoms with Gasteiger partial charge in [0, 0.05) is 31.6 Å². The monoisotopic (exact) mass is 293 g/mol. The Bertz CT molecular complexity index is 497. The highest BCUT2D eigenvalue weighted by atomic mass is 16.5. The summed E-state index contributed by atoms with van der Waals surface area (Å²) in [5.41, 5.74) is -0.0365. The van der Waals surface area contributed by atoms with Crippen LogP contribution in [-0.2, 0) is 11.3 Å². The third-order valence-corrected chi connectivity index (χ3v) is 4.48. The Morgan fingerprint density at radius 1 is 1.43 bits per heavy atom. The number of rotatable bonds is 6. The Labute approximate surface area is 126 Å². The summed E-state index contributed by atoms with van der Waals surface area (Å²) in [6, 6.07) is 0.275. The molecule has 1 aromatic heterocycles. The van der Waals surface area contributed by atoms with Gasteiger partial charge in [-0.2, -0.15) is 0 Å². The van der Waals surface area contributed by atoms with Gasteiger partial charge < -0.3 is 14.6 Å². The molecule has 1 aromatic rings. The molecule has 1 N–H and O–H groups in total. The molecule has 0 amide bonds. The second-order valence-corrected chi connectivity index (χ2v) is 5.72. The zero-order valence-corrected chi connectivity index (χ0v) is 13.3. The Morgan fingerprint density at radius 2 is 2.19 bits per heavy atom. The third-order valence-electron chi connectivity index (χ3n) is 4.48. The van der Waals surface area contributed by atoms with Gasteiger partial charge in [-0.15, -0.1) is 0 Å². The number of nitrogens with zero attached hydrogens (tertiary/aromatic N) is 2. The van der Waals surface area contributed by atoms with Gasteiger partial charge in [-0.3, -0.25) is 4.79 Å². The molecule has 0 aromatic carbocycles. The van der Waals surface area contributed by atoms with Crippen LogP contribution >= 0.6 is 0 Å². The Hall–Kier alpha value is -1.36. The van der Waals surface area contributed by atoms with Crippen LogP contribution in [-0.4, -0.2) is 28.3 Å². The number of hydrogen-bond acceptors (Lipinski definition) is 4. The highest BCUT2D eigenvalue weighted by Gasteiger charge is 2.28. The van der Waals surface area contributed by atoms with Gasteiger partial charge in [0.2, 0.25) is 0 Å². The quantitative estimate of drug-likeness (QED) is 0.876. The van der Waals surface area contributed by atoms with Crippen molar-refractivity contribution >= 4 is 5.82 Å². The molecule has 1 aliphatic rings. The largest absolute Gasteiger partial charge is 0.378 e. The van der Waals surface area contributed by atoms with Gasteiger partial charge in [0.25, 0.3) is 5.56 Å². The topological polar surface area (TPSA) is 56.2 Å². The predicted octanol–water partition coefficient (Wildman–Crippen LogP) is 2.66. The van der Waals surface area contributed by atoms with Crippen molar-refractivity contribution in [1.82, 2.24) is 9.55 Å². The van der Waals surface area contributed by atoms with Crippen LogP contribution in [0.2, 0.25) is 0 Å². The smallest absolute Gasteiger partial charge is 0.293 e. The molecule has 5 nitrogen and oxygen atoms in total. The van der Waals surface area contributed by atoms with Gasteiger partial charge in [0.1, 0.15) is 0 Å². The van der Waals surface area contributed by atoms with Gasteiger partial charge >= 0.3 is 0 Å². The number of nitrogens with one attached hydrogen (secondary N) is 1. The second kappa shape index (κ2) is 7.59. The summed E-state index contributed by atoms with van der Waals surface area (Å²) in [6.07, 6.45) is 7.87. The van der Waals surface area contributed by atoms with Crippen LogP contribution in [0.15, 0.2) is 17.2 Å². The number of anilines is 1. The molecular weight excluding hydrogens is 266 g/mol. The van der Waals surface area contributed by atoms with Crippen LogP contribution in [0.4, 0.5) is 5.82 Å². The van der Waals surface area contributed by atoms with Crippen LogP contribution in [0.25, 0.3) is 0 Å². The molecule has 0 spiro atoms. The summed E-state index contributed by atoms with van der Waals surface area (Å²) in [7, 11) is 0.